The molecule has 0 radical (unpaired) electrons. The van der Waals surface area contributed by atoms with Crippen molar-refractivity contribution < 1.29 is 17.9 Å². The molecule has 0 bridgehead atoms. The normalized spacial score (nSPS) is 11.9. The quantitative estimate of drug-likeness (QED) is 0.632. The van der Waals surface area contributed by atoms with Crippen molar-refractivity contribution in [1.29, 1.82) is 0 Å². The predicted octanol–water partition coefficient (Wildman–Crippen LogP) is 2.48. The lowest BCUT2D eigenvalue weighted by Gasteiger charge is -2.14. The van der Waals surface area contributed by atoms with Crippen molar-refractivity contribution >= 4 is 25.7 Å². The fraction of sp³-hybridized carbons (Fsp3) is 0.545. The minimum Gasteiger partial charge on any atom is -0.461 e. The van der Waals surface area contributed by atoms with Gasteiger partial charge in [0.05, 0.1) is 6.61 Å². The first-order valence-corrected chi connectivity index (χ1v) is 7.84. The van der Waals surface area contributed by atoms with Crippen molar-refractivity contribution in [3.05, 3.63) is 17.5 Å². The first kappa shape index (κ1) is 15.0. The van der Waals surface area contributed by atoms with E-state index in [-0.39, 0.29) is 23.2 Å². The first-order chi connectivity index (χ1) is 8.20. The summed E-state index contributed by atoms with van der Waals surface area (Å²) in [5.74, 6) is -0.555. The topological polar surface area (TPSA) is 65.4 Å². The van der Waals surface area contributed by atoms with Gasteiger partial charge in [-0.05, 0) is 33.8 Å². The van der Waals surface area contributed by atoms with E-state index in [2.05, 4.69) is 0 Å². The highest BCUT2D eigenvalue weighted by Crippen LogP contribution is 2.27. The number of ether oxygens (including phenoxy) is 1. The summed E-state index contributed by atoms with van der Waals surface area (Å²) in [5, 5.41) is 0. The summed E-state index contributed by atoms with van der Waals surface area (Å²) in [6, 6.07) is 1.19. The number of carbonyl (C=O) groups is 1. The molecule has 1 rings (SSSR count). The van der Waals surface area contributed by atoms with E-state index in [0.29, 0.717) is 5.69 Å². The molecule has 0 amide bonds. The molecular weight excluding hydrogens is 278 g/mol. The molecule has 0 aliphatic heterocycles. The summed E-state index contributed by atoms with van der Waals surface area (Å²) < 4.78 is 29.4. The van der Waals surface area contributed by atoms with Gasteiger partial charge in [-0.1, -0.05) is 0 Å². The molecular formula is C11H16ClNO4S. The Morgan fingerprint density at radius 2 is 2.06 bits per heavy atom. The first-order valence-electron chi connectivity index (χ1n) is 5.53. The molecule has 18 heavy (non-hydrogen) atoms. The minimum absolute atomic E-state index is 0.0547. The number of nitrogens with zero attached hydrogens (tertiary/aromatic N) is 1. The zero-order valence-electron chi connectivity index (χ0n) is 10.7. The number of rotatable bonds is 4. The van der Waals surface area contributed by atoms with Gasteiger partial charge in [-0.2, -0.15) is 0 Å². The lowest BCUT2D eigenvalue weighted by molar-refractivity contribution is 0.0511. The molecule has 102 valence electrons. The van der Waals surface area contributed by atoms with Crippen LogP contribution in [0.2, 0.25) is 0 Å². The number of esters is 1. The molecule has 0 saturated carbocycles. The second kappa shape index (κ2) is 5.32. The van der Waals surface area contributed by atoms with Crippen LogP contribution in [0.25, 0.3) is 0 Å². The van der Waals surface area contributed by atoms with Crippen LogP contribution >= 0.6 is 10.7 Å². The van der Waals surface area contributed by atoms with Gasteiger partial charge >= 0.3 is 5.97 Å². The number of hydrogen-bond donors (Lipinski definition) is 0. The highest BCUT2D eigenvalue weighted by molar-refractivity contribution is 8.13. The van der Waals surface area contributed by atoms with E-state index in [1.165, 1.54) is 6.07 Å². The van der Waals surface area contributed by atoms with Gasteiger partial charge in [-0.25, -0.2) is 13.2 Å². The number of aromatic nitrogens is 1. The Labute approximate surface area is 111 Å². The van der Waals surface area contributed by atoms with E-state index in [4.69, 9.17) is 15.4 Å². The summed E-state index contributed by atoms with van der Waals surface area (Å²) in [6.45, 7) is 7.22. The van der Waals surface area contributed by atoms with E-state index in [0.717, 1.165) is 0 Å². The number of halogens is 1. The number of hydrogen-bond acceptors (Lipinski definition) is 4. The van der Waals surface area contributed by atoms with Crippen LogP contribution in [0, 0.1) is 6.92 Å². The summed E-state index contributed by atoms with van der Waals surface area (Å²) in [5.41, 5.74) is 0.631. The van der Waals surface area contributed by atoms with Crippen LogP contribution in [0.1, 0.15) is 43.0 Å². The van der Waals surface area contributed by atoms with Gasteiger partial charge in [0.2, 0.25) is 0 Å². The van der Waals surface area contributed by atoms with Gasteiger partial charge in [0.15, 0.2) is 0 Å². The predicted molar refractivity (Wildman–Crippen MR) is 68.5 cm³/mol. The molecule has 0 spiro atoms. The average Bonchev–Trinajstić information content (AvgIpc) is 2.55. The van der Waals surface area contributed by atoms with Crippen LogP contribution in [0.4, 0.5) is 0 Å². The highest BCUT2D eigenvalue weighted by atomic mass is 35.7. The zero-order chi connectivity index (χ0) is 14.1. The van der Waals surface area contributed by atoms with Crippen LogP contribution in [0.15, 0.2) is 11.0 Å². The SMILES string of the molecule is CCOC(=O)c1cc(S(=O)(=O)Cl)c(C)n1C(C)C. The van der Waals surface area contributed by atoms with Gasteiger partial charge in [-0.3, -0.25) is 0 Å². The maximum Gasteiger partial charge on any atom is 0.354 e. The molecule has 5 nitrogen and oxygen atoms in total. The molecule has 0 aliphatic rings. The second-order valence-corrected chi connectivity index (χ2v) is 6.64. The average molecular weight is 294 g/mol. The Morgan fingerprint density at radius 1 is 1.50 bits per heavy atom. The summed E-state index contributed by atoms with van der Waals surface area (Å²) in [4.78, 5) is 11.7. The third-order valence-corrected chi connectivity index (χ3v) is 3.95. The summed E-state index contributed by atoms with van der Waals surface area (Å²) >= 11 is 0. The minimum atomic E-state index is -3.87. The van der Waals surface area contributed by atoms with Gasteiger partial charge in [0.1, 0.15) is 10.6 Å². The van der Waals surface area contributed by atoms with E-state index in [1.807, 2.05) is 13.8 Å². The van der Waals surface area contributed by atoms with Crippen LogP contribution in [0.3, 0.4) is 0 Å². The van der Waals surface area contributed by atoms with Crippen molar-refractivity contribution in [3.63, 3.8) is 0 Å². The fourth-order valence-corrected chi connectivity index (χ4v) is 3.04. The Morgan fingerprint density at radius 3 is 2.44 bits per heavy atom. The Balaban J connectivity index is 3.48. The molecule has 0 unspecified atom stereocenters. The molecule has 0 aliphatic carbocycles. The monoisotopic (exact) mass is 293 g/mol. The van der Waals surface area contributed by atoms with E-state index >= 15 is 0 Å². The van der Waals surface area contributed by atoms with Crippen LogP contribution in [-0.2, 0) is 13.8 Å². The second-order valence-electron chi connectivity index (χ2n) is 4.10. The van der Waals surface area contributed by atoms with Crippen molar-refractivity contribution in [2.45, 2.75) is 38.6 Å². The smallest absolute Gasteiger partial charge is 0.354 e. The van der Waals surface area contributed by atoms with Crippen molar-refractivity contribution in [2.75, 3.05) is 6.61 Å². The summed E-state index contributed by atoms with van der Waals surface area (Å²) in [6.07, 6.45) is 0. The lowest BCUT2D eigenvalue weighted by atomic mass is 10.3. The molecule has 1 aromatic rings. The van der Waals surface area contributed by atoms with Crippen LogP contribution in [0.5, 0.6) is 0 Å². The Bertz CT molecular complexity index is 560. The van der Waals surface area contributed by atoms with Crippen molar-refractivity contribution in [2.24, 2.45) is 0 Å². The van der Waals surface area contributed by atoms with Crippen LogP contribution < -0.4 is 0 Å². The van der Waals surface area contributed by atoms with Crippen LogP contribution in [-0.4, -0.2) is 25.6 Å². The molecule has 0 saturated heterocycles. The largest absolute Gasteiger partial charge is 0.461 e. The van der Waals surface area contributed by atoms with Gasteiger partial charge in [0, 0.05) is 22.4 Å². The molecule has 0 N–H and O–H groups in total. The Hall–Kier alpha value is -1.01. The molecule has 1 heterocycles. The fourth-order valence-electron chi connectivity index (χ4n) is 1.87. The van der Waals surface area contributed by atoms with E-state index in [1.54, 1.807) is 18.4 Å². The molecule has 7 heteroatoms. The Kier molecular flexibility index (Phi) is 4.45. The van der Waals surface area contributed by atoms with Gasteiger partial charge < -0.3 is 9.30 Å². The third-order valence-electron chi connectivity index (χ3n) is 2.51. The van der Waals surface area contributed by atoms with E-state index in [9.17, 15) is 13.2 Å². The van der Waals surface area contributed by atoms with Gasteiger partial charge in [-0.15, -0.1) is 0 Å². The maximum absolute atomic E-state index is 11.8. The van der Waals surface area contributed by atoms with Gasteiger partial charge in [0.25, 0.3) is 9.05 Å². The third kappa shape index (κ3) is 2.87. The van der Waals surface area contributed by atoms with Crippen molar-refractivity contribution in [3.8, 4) is 0 Å². The van der Waals surface area contributed by atoms with E-state index < -0.39 is 15.0 Å². The molecule has 1 aromatic heterocycles. The maximum atomic E-state index is 11.8. The number of carbonyl (C=O) groups excluding carboxylic acids is 1. The lowest BCUT2D eigenvalue weighted by Crippen LogP contribution is -2.14. The molecule has 0 aromatic carbocycles. The zero-order valence-corrected chi connectivity index (χ0v) is 12.3. The molecule has 0 fully saturated rings. The summed E-state index contributed by atoms with van der Waals surface area (Å²) in [7, 11) is 1.47. The highest BCUT2D eigenvalue weighted by Gasteiger charge is 2.25. The molecule has 0 atom stereocenters. The van der Waals surface area contributed by atoms with Crippen molar-refractivity contribution in [1.82, 2.24) is 4.57 Å². The standard InChI is InChI=1S/C11H16ClNO4S/c1-5-17-11(14)9-6-10(18(12,15)16)8(4)13(9)7(2)3/h6-7H,5H2,1-4H3.